The van der Waals surface area contributed by atoms with E-state index in [2.05, 4.69) is 10.2 Å². The van der Waals surface area contributed by atoms with E-state index in [1.54, 1.807) is 30.3 Å². The van der Waals surface area contributed by atoms with Gasteiger partial charge in [0.25, 0.3) is 11.8 Å². The van der Waals surface area contributed by atoms with Crippen LogP contribution in [0.4, 0.5) is 11.6 Å². The minimum atomic E-state index is -0.559. The lowest BCUT2D eigenvalue weighted by Crippen LogP contribution is -2.54. The molecule has 1 aromatic heterocycles. The SMILES string of the molecule is O=C1NC(=S)N(c2ccccc2Cl)C(=O)/C1=C/c1ccc(N2CCCCCC2)o1. The molecular weight excluding hydrogens is 410 g/mol. The number of hydrogen-bond acceptors (Lipinski definition) is 5. The van der Waals surface area contributed by atoms with E-state index in [1.165, 1.54) is 23.8 Å². The molecule has 2 amide bonds. The number of furan rings is 1. The van der Waals surface area contributed by atoms with Crippen molar-refractivity contribution in [1.29, 1.82) is 0 Å². The Morgan fingerprint density at radius 1 is 1.03 bits per heavy atom. The smallest absolute Gasteiger partial charge is 0.270 e. The second kappa shape index (κ2) is 8.39. The first-order valence-corrected chi connectivity index (χ1v) is 10.3. The second-order valence-electron chi connectivity index (χ2n) is 6.99. The maximum absolute atomic E-state index is 13.1. The molecule has 2 aromatic rings. The highest BCUT2D eigenvalue weighted by Gasteiger charge is 2.35. The molecule has 0 bridgehead atoms. The van der Waals surface area contributed by atoms with Crippen LogP contribution in [0.5, 0.6) is 0 Å². The van der Waals surface area contributed by atoms with Crippen LogP contribution < -0.4 is 15.1 Å². The molecule has 0 atom stereocenters. The van der Waals surface area contributed by atoms with Crippen LogP contribution >= 0.6 is 23.8 Å². The number of anilines is 2. The van der Waals surface area contributed by atoms with Crippen LogP contribution in [0.2, 0.25) is 5.02 Å². The van der Waals surface area contributed by atoms with Gasteiger partial charge >= 0.3 is 0 Å². The van der Waals surface area contributed by atoms with Gasteiger partial charge in [0.1, 0.15) is 11.3 Å². The summed E-state index contributed by atoms with van der Waals surface area (Å²) in [6, 6.07) is 10.5. The number of halogens is 1. The van der Waals surface area contributed by atoms with Crippen molar-refractivity contribution in [2.45, 2.75) is 25.7 Å². The zero-order valence-corrected chi connectivity index (χ0v) is 17.3. The average molecular weight is 430 g/mol. The van der Waals surface area contributed by atoms with Crippen molar-refractivity contribution < 1.29 is 14.0 Å². The van der Waals surface area contributed by atoms with Gasteiger partial charge in [-0.25, -0.2) is 0 Å². The summed E-state index contributed by atoms with van der Waals surface area (Å²) < 4.78 is 5.91. The first kappa shape index (κ1) is 19.7. The second-order valence-corrected chi connectivity index (χ2v) is 7.78. The van der Waals surface area contributed by atoms with Gasteiger partial charge in [0, 0.05) is 19.2 Å². The molecule has 1 aromatic carbocycles. The van der Waals surface area contributed by atoms with Crippen molar-refractivity contribution >= 4 is 58.4 Å². The number of benzene rings is 1. The molecule has 150 valence electrons. The summed E-state index contributed by atoms with van der Waals surface area (Å²) in [7, 11) is 0. The molecule has 1 N–H and O–H groups in total. The number of hydrogen-bond donors (Lipinski definition) is 1. The maximum atomic E-state index is 13.1. The fraction of sp³-hybridized carbons (Fsp3) is 0.286. The molecule has 0 spiro atoms. The summed E-state index contributed by atoms with van der Waals surface area (Å²) in [5.74, 6) is 0.0890. The van der Waals surface area contributed by atoms with Gasteiger partial charge in [-0.2, -0.15) is 0 Å². The minimum absolute atomic E-state index is 0.00468. The molecule has 2 saturated heterocycles. The molecule has 0 radical (unpaired) electrons. The van der Waals surface area contributed by atoms with Gasteiger partial charge in [-0.1, -0.05) is 36.6 Å². The summed E-state index contributed by atoms with van der Waals surface area (Å²) >= 11 is 11.4. The lowest BCUT2D eigenvalue weighted by molar-refractivity contribution is -0.122. The van der Waals surface area contributed by atoms with E-state index >= 15 is 0 Å². The monoisotopic (exact) mass is 429 g/mol. The molecular formula is C21H20ClN3O3S. The van der Waals surface area contributed by atoms with Crippen LogP contribution in [0.1, 0.15) is 31.4 Å². The van der Waals surface area contributed by atoms with Crippen molar-refractivity contribution in [3.8, 4) is 0 Å². The fourth-order valence-electron chi connectivity index (χ4n) is 3.53. The predicted molar refractivity (Wildman–Crippen MR) is 117 cm³/mol. The van der Waals surface area contributed by atoms with Crippen molar-refractivity contribution in [2.75, 3.05) is 22.9 Å². The van der Waals surface area contributed by atoms with Crippen molar-refractivity contribution in [3.05, 3.63) is 52.8 Å². The van der Waals surface area contributed by atoms with Crippen molar-refractivity contribution in [2.24, 2.45) is 0 Å². The molecule has 2 aliphatic heterocycles. The number of amides is 2. The summed E-state index contributed by atoms with van der Waals surface area (Å²) in [6.45, 7) is 1.88. The number of nitrogens with one attached hydrogen (secondary N) is 1. The first-order valence-electron chi connectivity index (χ1n) is 9.55. The summed E-state index contributed by atoms with van der Waals surface area (Å²) in [4.78, 5) is 28.9. The minimum Gasteiger partial charge on any atom is -0.441 e. The highest BCUT2D eigenvalue weighted by atomic mass is 35.5. The number of carbonyl (C=O) groups is 2. The van der Waals surface area contributed by atoms with Gasteiger partial charge < -0.3 is 9.32 Å². The Kier molecular flexibility index (Phi) is 5.69. The molecule has 0 saturated carbocycles. The largest absolute Gasteiger partial charge is 0.441 e. The average Bonchev–Trinajstić information content (AvgIpc) is 2.99. The number of thiocarbonyl (C=S) groups is 1. The van der Waals surface area contributed by atoms with Gasteiger partial charge in [0.05, 0.1) is 10.7 Å². The van der Waals surface area contributed by atoms with Crippen LogP contribution in [0.3, 0.4) is 0 Å². The number of nitrogens with zero attached hydrogens (tertiary/aromatic N) is 2. The van der Waals surface area contributed by atoms with Crippen LogP contribution in [0, 0.1) is 0 Å². The Morgan fingerprint density at radius 3 is 2.48 bits per heavy atom. The third-order valence-electron chi connectivity index (χ3n) is 5.01. The third kappa shape index (κ3) is 4.06. The van der Waals surface area contributed by atoms with Crippen LogP contribution in [0.25, 0.3) is 6.08 Å². The topological polar surface area (TPSA) is 65.8 Å². The number of carbonyl (C=O) groups excluding carboxylic acids is 2. The lowest BCUT2D eigenvalue weighted by Gasteiger charge is -2.29. The predicted octanol–water partition coefficient (Wildman–Crippen LogP) is 4.14. The molecule has 8 heteroatoms. The highest BCUT2D eigenvalue weighted by molar-refractivity contribution is 7.80. The Hall–Kier alpha value is -2.64. The zero-order chi connectivity index (χ0) is 20.4. The summed E-state index contributed by atoms with van der Waals surface area (Å²) in [6.07, 6.45) is 6.15. The van der Waals surface area contributed by atoms with Gasteiger partial charge in [-0.05, 0) is 49.3 Å². The van der Waals surface area contributed by atoms with E-state index < -0.39 is 11.8 Å². The van der Waals surface area contributed by atoms with Gasteiger partial charge in [-0.3, -0.25) is 19.8 Å². The molecule has 0 unspecified atom stereocenters. The third-order valence-corrected chi connectivity index (χ3v) is 5.62. The fourth-order valence-corrected chi connectivity index (χ4v) is 4.03. The molecule has 6 nitrogen and oxygen atoms in total. The quantitative estimate of drug-likeness (QED) is 0.451. The van der Waals surface area contributed by atoms with Crippen LogP contribution in [0.15, 0.2) is 46.4 Å². The van der Waals surface area contributed by atoms with Gasteiger partial charge in [0.15, 0.2) is 11.0 Å². The lowest BCUT2D eigenvalue weighted by atomic mass is 10.1. The van der Waals surface area contributed by atoms with E-state index in [0.717, 1.165) is 31.8 Å². The molecule has 29 heavy (non-hydrogen) atoms. The molecule has 2 aliphatic rings. The standard InChI is InChI=1S/C21H20ClN3O3S/c22-16-7-3-4-8-17(16)25-20(27)15(19(26)23-21(25)29)13-14-9-10-18(28-14)24-11-5-1-2-6-12-24/h3-4,7-10,13H,1-2,5-6,11-12H2,(H,23,26,29)/b15-13+. The first-order chi connectivity index (χ1) is 14.0. The number of para-hydroxylation sites is 1. The summed E-state index contributed by atoms with van der Waals surface area (Å²) in [5.41, 5.74) is 0.357. The van der Waals surface area contributed by atoms with E-state index in [4.69, 9.17) is 28.2 Å². The highest BCUT2D eigenvalue weighted by Crippen LogP contribution is 2.29. The Labute approximate surface area is 179 Å². The number of rotatable bonds is 3. The molecule has 3 heterocycles. The van der Waals surface area contributed by atoms with Crippen molar-refractivity contribution in [3.63, 3.8) is 0 Å². The van der Waals surface area contributed by atoms with E-state index in [1.807, 2.05) is 6.07 Å². The van der Waals surface area contributed by atoms with E-state index in [9.17, 15) is 9.59 Å². The normalized spacial score (nSPS) is 19.5. The zero-order valence-electron chi connectivity index (χ0n) is 15.7. The van der Waals surface area contributed by atoms with Crippen LogP contribution in [-0.2, 0) is 9.59 Å². The van der Waals surface area contributed by atoms with Crippen molar-refractivity contribution in [1.82, 2.24) is 5.32 Å². The van der Waals surface area contributed by atoms with E-state index in [-0.39, 0.29) is 10.7 Å². The molecule has 0 aliphatic carbocycles. The van der Waals surface area contributed by atoms with Crippen LogP contribution in [-0.4, -0.2) is 30.0 Å². The molecule has 4 rings (SSSR count). The van der Waals surface area contributed by atoms with E-state index in [0.29, 0.717) is 16.5 Å². The maximum Gasteiger partial charge on any atom is 0.270 e. The molecule has 2 fully saturated rings. The van der Waals surface area contributed by atoms with Gasteiger partial charge in [0.2, 0.25) is 0 Å². The summed E-state index contributed by atoms with van der Waals surface area (Å²) in [5, 5.41) is 2.91. The Bertz CT molecular complexity index is 993. The van der Waals surface area contributed by atoms with Gasteiger partial charge in [-0.15, -0.1) is 0 Å². The Morgan fingerprint density at radius 2 is 1.76 bits per heavy atom. The Balaban J connectivity index is 1.62.